The number of nitrogens with two attached hydrogens (primary N) is 1. The largest absolute Gasteiger partial charge is 0.323 e. The summed E-state index contributed by atoms with van der Waals surface area (Å²) in [6.45, 7) is 0. The minimum atomic E-state index is 0.512. The number of rotatable bonds is 1. The van der Waals surface area contributed by atoms with Crippen LogP contribution in [0.3, 0.4) is 0 Å². The maximum absolute atomic E-state index is 5.88. The van der Waals surface area contributed by atoms with E-state index in [-0.39, 0.29) is 0 Å². The number of para-hydroxylation sites is 1. The monoisotopic (exact) mass is 182 g/mol. The number of nitrogen functional groups attached to an aromatic ring is 1. The molecule has 0 atom stereocenters. The average Bonchev–Trinajstić information content (AvgIpc) is 2.49. The van der Waals surface area contributed by atoms with Crippen LogP contribution in [0.15, 0.2) is 18.2 Å². The van der Waals surface area contributed by atoms with Gasteiger partial charge in [0.1, 0.15) is 5.52 Å². The minimum absolute atomic E-state index is 0.512. The normalized spacial score (nSPS) is 10.5. The Morgan fingerprint density at radius 2 is 2.33 bits per heavy atom. The third-order valence-electron chi connectivity index (χ3n) is 1.60. The second kappa shape index (κ2) is 2.66. The molecule has 5 heteroatoms. The van der Waals surface area contributed by atoms with Crippen molar-refractivity contribution < 1.29 is 0 Å². The first-order chi connectivity index (χ1) is 5.81. The molecule has 0 spiro atoms. The summed E-state index contributed by atoms with van der Waals surface area (Å²) in [5.41, 5.74) is 4.02. The van der Waals surface area contributed by atoms with Crippen LogP contribution in [-0.4, -0.2) is 9.97 Å². The van der Waals surface area contributed by atoms with Crippen LogP contribution in [-0.2, 0) is 0 Å². The van der Waals surface area contributed by atoms with E-state index >= 15 is 0 Å². The summed E-state index contributed by atoms with van der Waals surface area (Å²) < 4.78 is 0. The summed E-state index contributed by atoms with van der Waals surface area (Å²) in [5, 5.41) is 0.616. The lowest BCUT2D eigenvalue weighted by Crippen LogP contribution is -2.07. The molecule has 1 heterocycles. The molecule has 0 amide bonds. The number of halogens is 1. The lowest BCUT2D eigenvalue weighted by atomic mass is 10.3. The summed E-state index contributed by atoms with van der Waals surface area (Å²) in [4.78, 5) is 7.06. The van der Waals surface area contributed by atoms with E-state index in [0.29, 0.717) is 11.0 Å². The quantitative estimate of drug-likeness (QED) is 0.463. The molecule has 4 N–H and O–H groups in total. The van der Waals surface area contributed by atoms with Gasteiger partial charge >= 0.3 is 0 Å². The molecule has 4 nitrogen and oxygen atoms in total. The predicted octanol–water partition coefficient (Wildman–Crippen LogP) is 1.50. The topological polar surface area (TPSA) is 66.7 Å². The zero-order valence-electron chi connectivity index (χ0n) is 6.13. The number of benzene rings is 1. The van der Waals surface area contributed by atoms with Gasteiger partial charge in [-0.1, -0.05) is 17.7 Å². The number of anilines is 1. The predicted molar refractivity (Wildman–Crippen MR) is 48.9 cm³/mol. The molecule has 0 bridgehead atoms. The fourth-order valence-electron chi connectivity index (χ4n) is 1.07. The number of nitrogens with one attached hydrogen (secondary N) is 2. The van der Waals surface area contributed by atoms with Gasteiger partial charge in [-0.05, 0) is 12.1 Å². The zero-order valence-corrected chi connectivity index (χ0v) is 6.89. The van der Waals surface area contributed by atoms with Gasteiger partial charge in [-0.3, -0.25) is 5.43 Å². The molecule has 0 fully saturated rings. The lowest BCUT2D eigenvalue weighted by molar-refractivity contribution is 1.21. The second-order valence-electron chi connectivity index (χ2n) is 2.37. The standard InChI is InChI=1S/C7H7ClN4/c8-4-2-1-3-5-6(4)11-7(10-5)12-9/h1-3H,9H2,(H2,10,11,12). The highest BCUT2D eigenvalue weighted by atomic mass is 35.5. The minimum Gasteiger partial charge on any atom is -0.323 e. The SMILES string of the molecule is NNc1nc2c(Cl)cccc2[nH]1. The Morgan fingerprint density at radius 3 is 3.00 bits per heavy atom. The molecule has 12 heavy (non-hydrogen) atoms. The van der Waals surface area contributed by atoms with Crippen molar-refractivity contribution in [3.8, 4) is 0 Å². The van der Waals surface area contributed by atoms with Crippen LogP contribution in [0.1, 0.15) is 0 Å². The molecule has 62 valence electrons. The van der Waals surface area contributed by atoms with Crippen LogP contribution in [0.25, 0.3) is 11.0 Å². The van der Waals surface area contributed by atoms with Crippen molar-refractivity contribution in [2.24, 2.45) is 5.84 Å². The van der Waals surface area contributed by atoms with Gasteiger partial charge in [0, 0.05) is 0 Å². The van der Waals surface area contributed by atoms with Gasteiger partial charge in [-0.2, -0.15) is 0 Å². The van der Waals surface area contributed by atoms with Crippen molar-refractivity contribution in [3.63, 3.8) is 0 Å². The molecule has 1 aromatic carbocycles. The summed E-state index contributed by atoms with van der Waals surface area (Å²) in [6, 6.07) is 5.52. The summed E-state index contributed by atoms with van der Waals surface area (Å²) in [7, 11) is 0. The molecule has 0 radical (unpaired) electrons. The van der Waals surface area contributed by atoms with Crippen LogP contribution in [0.4, 0.5) is 5.95 Å². The maximum atomic E-state index is 5.88. The molecule has 1 aromatic heterocycles. The van der Waals surface area contributed by atoms with E-state index in [1.54, 1.807) is 6.07 Å². The second-order valence-corrected chi connectivity index (χ2v) is 2.77. The van der Waals surface area contributed by atoms with Gasteiger partial charge in [0.15, 0.2) is 0 Å². The third kappa shape index (κ3) is 1.01. The fraction of sp³-hybridized carbons (Fsp3) is 0. The number of nitrogens with zero attached hydrogens (tertiary/aromatic N) is 1. The number of imidazole rings is 1. The molecular formula is C7H7ClN4. The number of hydrogen-bond acceptors (Lipinski definition) is 3. The van der Waals surface area contributed by atoms with Gasteiger partial charge in [-0.25, -0.2) is 10.8 Å². The van der Waals surface area contributed by atoms with E-state index in [9.17, 15) is 0 Å². The molecule has 0 aliphatic heterocycles. The first kappa shape index (κ1) is 7.39. The fourth-order valence-corrected chi connectivity index (χ4v) is 1.28. The first-order valence-electron chi connectivity index (χ1n) is 3.42. The third-order valence-corrected chi connectivity index (χ3v) is 1.91. The van der Waals surface area contributed by atoms with E-state index in [1.807, 2.05) is 12.1 Å². The van der Waals surface area contributed by atoms with Gasteiger partial charge in [0.25, 0.3) is 0 Å². The van der Waals surface area contributed by atoms with E-state index in [4.69, 9.17) is 17.4 Å². The highest BCUT2D eigenvalue weighted by Gasteiger charge is 2.03. The highest BCUT2D eigenvalue weighted by molar-refractivity contribution is 6.34. The first-order valence-corrected chi connectivity index (χ1v) is 3.80. The van der Waals surface area contributed by atoms with Crippen molar-refractivity contribution in [3.05, 3.63) is 23.2 Å². The maximum Gasteiger partial charge on any atom is 0.215 e. The Kier molecular flexibility index (Phi) is 1.64. The highest BCUT2D eigenvalue weighted by Crippen LogP contribution is 2.21. The molecule has 0 unspecified atom stereocenters. The lowest BCUT2D eigenvalue weighted by Gasteiger charge is -1.87. The molecule has 0 saturated heterocycles. The van der Waals surface area contributed by atoms with Crippen molar-refractivity contribution in [2.75, 3.05) is 5.43 Å². The Morgan fingerprint density at radius 1 is 1.50 bits per heavy atom. The van der Waals surface area contributed by atoms with Crippen molar-refractivity contribution >= 4 is 28.6 Å². The van der Waals surface area contributed by atoms with Gasteiger partial charge < -0.3 is 4.98 Å². The number of aromatic amines is 1. The smallest absolute Gasteiger partial charge is 0.215 e. The van der Waals surface area contributed by atoms with Crippen LogP contribution in [0.2, 0.25) is 5.02 Å². The van der Waals surface area contributed by atoms with Crippen LogP contribution < -0.4 is 11.3 Å². The molecule has 2 aromatic rings. The Hall–Kier alpha value is -1.26. The number of H-pyrrole nitrogens is 1. The molecular weight excluding hydrogens is 176 g/mol. The van der Waals surface area contributed by atoms with Crippen LogP contribution in [0.5, 0.6) is 0 Å². The average molecular weight is 183 g/mol. The summed E-state index contributed by atoms with van der Waals surface area (Å²) in [5.74, 6) is 5.69. The molecule has 0 saturated carbocycles. The van der Waals surface area contributed by atoms with E-state index in [2.05, 4.69) is 15.4 Å². The number of hydrogen-bond donors (Lipinski definition) is 3. The zero-order chi connectivity index (χ0) is 8.55. The van der Waals surface area contributed by atoms with Crippen LogP contribution >= 0.6 is 11.6 Å². The van der Waals surface area contributed by atoms with Gasteiger partial charge in [0.2, 0.25) is 5.95 Å². The summed E-state index contributed by atoms with van der Waals surface area (Å²) >= 11 is 5.88. The van der Waals surface area contributed by atoms with Crippen molar-refractivity contribution in [1.82, 2.24) is 9.97 Å². The Labute approximate surface area is 73.7 Å². The Bertz CT molecular complexity index is 409. The Balaban J connectivity index is 2.74. The summed E-state index contributed by atoms with van der Waals surface area (Å²) in [6.07, 6.45) is 0. The van der Waals surface area contributed by atoms with Crippen molar-refractivity contribution in [2.45, 2.75) is 0 Å². The van der Waals surface area contributed by atoms with Crippen LogP contribution in [0, 0.1) is 0 Å². The molecule has 2 rings (SSSR count). The van der Waals surface area contributed by atoms with Crippen molar-refractivity contribution in [1.29, 1.82) is 0 Å². The van der Waals surface area contributed by atoms with Gasteiger partial charge in [-0.15, -0.1) is 0 Å². The van der Waals surface area contributed by atoms with Gasteiger partial charge in [0.05, 0.1) is 10.5 Å². The van der Waals surface area contributed by atoms with E-state index < -0.39 is 0 Å². The number of aromatic nitrogens is 2. The number of hydrazine groups is 1. The molecule has 0 aliphatic carbocycles. The number of fused-ring (bicyclic) bond motifs is 1. The van der Waals surface area contributed by atoms with E-state index in [0.717, 1.165) is 11.0 Å². The van der Waals surface area contributed by atoms with E-state index in [1.165, 1.54) is 0 Å². The molecule has 0 aliphatic rings.